The Morgan fingerprint density at radius 1 is 0.293 bits per heavy atom. The van der Waals surface area contributed by atoms with Gasteiger partial charge in [0.2, 0.25) is 0 Å². The second kappa shape index (κ2) is 23.8. The van der Waals surface area contributed by atoms with Crippen LogP contribution >= 0.6 is 0 Å². The second-order valence-electron chi connectivity index (χ2n) is 21.0. The molecule has 330 valence electrons. The summed E-state index contributed by atoms with van der Waals surface area (Å²) in [6.07, 6.45) is 45.4. The average molecular weight is 860 g/mol. The van der Waals surface area contributed by atoms with E-state index >= 15 is 0 Å². The van der Waals surface area contributed by atoms with Crippen molar-refractivity contribution in [1.82, 2.24) is 42.5 Å². The molecule has 8 atom stereocenters. The molecule has 0 spiro atoms. The summed E-state index contributed by atoms with van der Waals surface area (Å²) in [5.74, 6) is 5.97. The minimum Gasteiger partial charge on any atom is -0.330 e. The fraction of sp³-hybridized carbons (Fsp3) is 1.00. The molecule has 0 amide bonds. The zero-order chi connectivity index (χ0) is 38.8. The van der Waals surface area contributed by atoms with Gasteiger partial charge in [-0.3, -0.25) is 42.5 Å². The molecule has 8 unspecified atom stereocenters. The Labute approximate surface area is 368 Å². The van der Waals surface area contributed by atoms with E-state index in [1.54, 1.807) is 0 Å². The van der Waals surface area contributed by atoms with Gasteiger partial charge in [0, 0.05) is 19.5 Å². The third kappa shape index (κ3) is 11.5. The number of nitrogens with two attached hydrogens (primary N) is 1. The van der Waals surface area contributed by atoms with Gasteiger partial charge in [0.15, 0.2) is 0 Å². The molecule has 9 aliphatic rings. The van der Waals surface area contributed by atoms with Crippen molar-refractivity contribution in [2.45, 2.75) is 249 Å². The summed E-state index contributed by atoms with van der Waals surface area (Å²) < 4.78 is 0. The number of nitrogens with one attached hydrogen (secondary N) is 8. The zero-order valence-electron chi connectivity index (χ0n) is 37.4. The van der Waals surface area contributed by atoms with E-state index in [0.29, 0.717) is 49.3 Å². The van der Waals surface area contributed by atoms with Crippen LogP contribution < -0.4 is 48.3 Å². The van der Waals surface area contributed by atoms with Gasteiger partial charge in [-0.2, -0.15) is 0 Å². The predicted molar refractivity (Wildman–Crippen MR) is 237 cm³/mol. The maximum absolute atomic E-state index is 5.47. The normalized spacial score (nSPS) is 42.9. The monoisotopic (exact) mass is 858 g/mol. The van der Waals surface area contributed by atoms with E-state index in [0.717, 1.165) is 53.9 Å². The van der Waals surface area contributed by atoms with Gasteiger partial charge in [-0.05, 0) is 112 Å². The van der Waals surface area contributed by atoms with E-state index in [1.807, 2.05) is 0 Å². The zero-order valence-corrected chi connectivity index (χ0v) is 40.4. The van der Waals surface area contributed by atoms with Gasteiger partial charge < -0.3 is 5.73 Å². The summed E-state index contributed by atoms with van der Waals surface area (Å²) in [5, 5.41) is 33.8. The van der Waals surface area contributed by atoms with Gasteiger partial charge in [-0.15, -0.1) is 0 Å². The Bertz CT molecular complexity index is 942. The summed E-state index contributed by atoms with van der Waals surface area (Å²) in [7, 11) is 0. The van der Waals surface area contributed by atoms with Crippen LogP contribution in [-0.4, -0.2) is 55.9 Å². The van der Waals surface area contributed by atoms with E-state index in [4.69, 9.17) is 5.73 Å². The van der Waals surface area contributed by atoms with E-state index < -0.39 is 0 Å². The summed E-state index contributed by atoms with van der Waals surface area (Å²) in [5.41, 5.74) is 5.47. The minimum atomic E-state index is 0. The van der Waals surface area contributed by atoms with Crippen molar-refractivity contribution in [3.63, 3.8) is 0 Å². The van der Waals surface area contributed by atoms with Crippen molar-refractivity contribution in [3.05, 3.63) is 0 Å². The molecule has 9 rings (SSSR count). The molecule has 4 saturated carbocycles. The van der Waals surface area contributed by atoms with Crippen molar-refractivity contribution >= 4 is 0 Å². The molecule has 10 heteroatoms. The molecule has 4 aliphatic carbocycles. The first kappa shape index (κ1) is 46.3. The summed E-state index contributed by atoms with van der Waals surface area (Å²) >= 11 is 0. The molecule has 5 heterocycles. The van der Waals surface area contributed by atoms with Gasteiger partial charge in [-0.1, -0.05) is 142 Å². The number of fused-ring (bicyclic) bond motifs is 20. The van der Waals surface area contributed by atoms with Gasteiger partial charge in [0.1, 0.15) is 0 Å². The summed E-state index contributed by atoms with van der Waals surface area (Å²) in [6, 6.07) is 0. The van der Waals surface area contributed by atoms with Crippen molar-refractivity contribution in [1.29, 1.82) is 0 Å². The molecule has 9 fully saturated rings. The number of unbranched alkanes of at least 4 members (excludes halogenated alkanes) is 13. The van der Waals surface area contributed by atoms with Crippen LogP contribution in [0.3, 0.4) is 0 Å². The number of hydrogen-bond donors (Lipinski definition) is 9. The van der Waals surface area contributed by atoms with Crippen LogP contribution in [-0.2, 0) is 19.5 Å². The molecule has 0 radical (unpaired) electrons. The number of rotatable bonds is 14. The molecule has 8 bridgehead atoms. The Morgan fingerprint density at radius 3 is 0.638 bits per heavy atom. The van der Waals surface area contributed by atoms with Crippen molar-refractivity contribution in [2.24, 2.45) is 53.1 Å². The predicted octanol–water partition coefficient (Wildman–Crippen LogP) is 8.03. The van der Waals surface area contributed by atoms with Gasteiger partial charge >= 0.3 is 0 Å². The molecule has 5 aliphatic heterocycles. The third-order valence-corrected chi connectivity index (χ3v) is 17.4. The Kier molecular flexibility index (Phi) is 19.0. The molecule has 10 N–H and O–H groups in total. The van der Waals surface area contributed by atoms with E-state index in [-0.39, 0.29) is 19.5 Å². The first-order chi connectivity index (χ1) is 28.2. The van der Waals surface area contributed by atoms with Gasteiger partial charge in [0.05, 0.1) is 49.3 Å². The minimum absolute atomic E-state index is 0. The van der Waals surface area contributed by atoms with Crippen molar-refractivity contribution in [2.75, 3.05) is 6.54 Å². The van der Waals surface area contributed by atoms with Crippen LogP contribution in [0.1, 0.15) is 200 Å². The Balaban J connectivity index is 0.000000245. The largest absolute Gasteiger partial charge is 0.330 e. The third-order valence-electron chi connectivity index (χ3n) is 17.4. The summed E-state index contributed by atoms with van der Waals surface area (Å²) in [4.78, 5) is 0. The topological polar surface area (TPSA) is 122 Å². The van der Waals surface area contributed by atoms with Crippen LogP contribution in [0.5, 0.6) is 0 Å². The quantitative estimate of drug-likeness (QED) is 0.0632. The molecule has 9 nitrogen and oxygen atoms in total. The first-order valence-electron chi connectivity index (χ1n) is 26.0. The number of hydrogen-bond acceptors (Lipinski definition) is 9. The van der Waals surface area contributed by atoms with Gasteiger partial charge in [-0.25, -0.2) is 0 Å². The molecule has 58 heavy (non-hydrogen) atoms. The van der Waals surface area contributed by atoms with Crippen LogP contribution in [0.15, 0.2) is 0 Å². The molecule has 0 aromatic heterocycles. The molecule has 5 saturated heterocycles. The van der Waals surface area contributed by atoms with E-state index in [2.05, 4.69) is 49.5 Å². The van der Waals surface area contributed by atoms with Gasteiger partial charge in [0.25, 0.3) is 0 Å². The molecular formula is C48H91N9Zn. The SMILES string of the molecule is C1CCC2C3NC(NC4NC(NC5NC(NC6NC(N3)C3CCCCC63)C3CCCCC53)C3CCCCC43)C2C1.CCCCCCCCCCCCCCCCN.[Zn]. The van der Waals surface area contributed by atoms with Crippen LogP contribution in [0.25, 0.3) is 0 Å². The molecule has 0 aromatic carbocycles. The van der Waals surface area contributed by atoms with Crippen LogP contribution in [0, 0.1) is 47.3 Å². The fourth-order valence-corrected chi connectivity index (χ4v) is 14.3. The fourth-order valence-electron chi connectivity index (χ4n) is 14.3. The Morgan fingerprint density at radius 2 is 0.466 bits per heavy atom. The van der Waals surface area contributed by atoms with Crippen molar-refractivity contribution < 1.29 is 19.5 Å². The van der Waals surface area contributed by atoms with Crippen LogP contribution in [0.4, 0.5) is 0 Å². The smallest absolute Gasteiger partial charge is 0.0628 e. The Hall–Kier alpha value is 0.263. The maximum Gasteiger partial charge on any atom is 0.0628 e. The average Bonchev–Trinajstić information content (AvgIpc) is 3.99. The van der Waals surface area contributed by atoms with Crippen LogP contribution in [0.2, 0.25) is 0 Å². The first-order valence-corrected chi connectivity index (χ1v) is 26.0. The maximum atomic E-state index is 5.47. The summed E-state index contributed by atoms with van der Waals surface area (Å²) in [6.45, 7) is 3.16. The van der Waals surface area contributed by atoms with E-state index in [1.165, 1.54) is 193 Å². The molecular weight excluding hydrogens is 768 g/mol. The van der Waals surface area contributed by atoms with Crippen molar-refractivity contribution in [3.8, 4) is 0 Å². The molecule has 0 aromatic rings. The van der Waals surface area contributed by atoms with E-state index in [9.17, 15) is 0 Å². The standard InChI is InChI=1S/C32H56N8.C16H35N.Zn/c1-2-10-18-17(9-1)25-33-26(18)38-28-21-13-5-6-14-22(21)30(35-28)40-32-24-16-8-7-15-23(24)31(36-32)39-29-20-12-4-3-11-19(20)27(34-29)37-25;1-2-3-4-5-6-7-8-9-10-11-12-13-14-15-16-17;/h17-40H,1-16H2;2-17H2,1H3;. The second-order valence-corrected chi connectivity index (χ2v) is 21.0.